The van der Waals surface area contributed by atoms with Crippen LogP contribution in [0.5, 0.6) is 11.5 Å². The zero-order valence-corrected chi connectivity index (χ0v) is 10.5. The number of fused-ring (bicyclic) bond motifs is 1. The Labute approximate surface area is 102 Å². The van der Waals surface area contributed by atoms with E-state index < -0.39 is 0 Å². The molecule has 0 saturated carbocycles. The van der Waals surface area contributed by atoms with E-state index in [9.17, 15) is 0 Å². The van der Waals surface area contributed by atoms with Crippen LogP contribution in [0, 0.1) is 0 Å². The Morgan fingerprint density at radius 3 is 2.59 bits per heavy atom. The van der Waals surface area contributed by atoms with Crippen molar-refractivity contribution in [3.8, 4) is 11.5 Å². The number of hydrogen-bond donors (Lipinski definition) is 1. The molecule has 0 aliphatic carbocycles. The van der Waals surface area contributed by atoms with Crippen LogP contribution in [0.15, 0.2) is 18.2 Å². The molecule has 0 spiro atoms. The Morgan fingerprint density at radius 1 is 1.24 bits per heavy atom. The molecular formula is C13H20N2O2. The molecule has 4 nitrogen and oxygen atoms in total. The van der Waals surface area contributed by atoms with Crippen molar-refractivity contribution >= 4 is 0 Å². The van der Waals surface area contributed by atoms with Gasteiger partial charge in [0.2, 0.25) is 6.79 Å². The molecule has 1 heterocycles. The summed E-state index contributed by atoms with van der Waals surface area (Å²) in [7, 11) is 0. The van der Waals surface area contributed by atoms with E-state index in [4.69, 9.17) is 15.2 Å². The molecule has 94 valence electrons. The Morgan fingerprint density at radius 2 is 1.94 bits per heavy atom. The first kappa shape index (κ1) is 12.2. The minimum atomic E-state index is 0.250. The highest BCUT2D eigenvalue weighted by Gasteiger charge is 2.20. The lowest BCUT2D eigenvalue weighted by molar-refractivity contribution is 0.173. The molecule has 1 aromatic rings. The third kappa shape index (κ3) is 2.37. The smallest absolute Gasteiger partial charge is 0.231 e. The standard InChI is InChI=1S/C13H20N2O2/c1-3-15(4-2)11(8-14)10-5-6-12-13(7-10)17-9-16-12/h5-7,11H,3-4,8-9,14H2,1-2H3. The normalized spacial score (nSPS) is 15.3. The van der Waals surface area contributed by atoms with Crippen molar-refractivity contribution in [2.24, 2.45) is 5.73 Å². The van der Waals surface area contributed by atoms with Gasteiger partial charge < -0.3 is 15.2 Å². The largest absolute Gasteiger partial charge is 0.454 e. The molecule has 0 saturated heterocycles. The average Bonchev–Trinajstić information content (AvgIpc) is 2.82. The number of ether oxygens (including phenoxy) is 2. The van der Waals surface area contributed by atoms with Gasteiger partial charge in [-0.15, -0.1) is 0 Å². The van der Waals surface area contributed by atoms with Gasteiger partial charge in [-0.25, -0.2) is 0 Å². The molecule has 2 rings (SSSR count). The molecule has 1 aliphatic rings. The van der Waals surface area contributed by atoms with E-state index in [1.165, 1.54) is 5.56 Å². The summed E-state index contributed by atoms with van der Waals surface area (Å²) in [6.45, 7) is 7.22. The third-order valence-electron chi connectivity index (χ3n) is 3.26. The molecule has 1 atom stereocenters. The van der Waals surface area contributed by atoms with E-state index in [1.54, 1.807) is 0 Å². The van der Waals surface area contributed by atoms with Crippen LogP contribution >= 0.6 is 0 Å². The minimum Gasteiger partial charge on any atom is -0.454 e. The summed E-state index contributed by atoms with van der Waals surface area (Å²) in [6.07, 6.45) is 0. The second-order valence-electron chi connectivity index (χ2n) is 4.09. The Kier molecular flexibility index (Phi) is 3.86. The van der Waals surface area contributed by atoms with E-state index in [0.717, 1.165) is 24.6 Å². The van der Waals surface area contributed by atoms with Crippen LogP contribution < -0.4 is 15.2 Å². The topological polar surface area (TPSA) is 47.7 Å². The first-order valence-electron chi connectivity index (χ1n) is 6.13. The van der Waals surface area contributed by atoms with Gasteiger partial charge in [-0.2, -0.15) is 0 Å². The van der Waals surface area contributed by atoms with Crippen molar-refractivity contribution in [1.29, 1.82) is 0 Å². The summed E-state index contributed by atoms with van der Waals surface area (Å²) in [5.74, 6) is 1.65. The molecule has 0 fully saturated rings. The predicted octanol–water partition coefficient (Wildman–Crippen LogP) is 1.76. The number of nitrogens with two attached hydrogens (primary N) is 1. The quantitative estimate of drug-likeness (QED) is 0.846. The molecule has 1 unspecified atom stereocenters. The lowest BCUT2D eigenvalue weighted by atomic mass is 10.0. The maximum absolute atomic E-state index is 5.89. The first-order chi connectivity index (χ1) is 8.30. The summed E-state index contributed by atoms with van der Waals surface area (Å²) >= 11 is 0. The van der Waals surface area contributed by atoms with Crippen molar-refractivity contribution in [1.82, 2.24) is 4.90 Å². The van der Waals surface area contributed by atoms with Crippen molar-refractivity contribution in [2.45, 2.75) is 19.9 Å². The summed E-state index contributed by atoms with van der Waals surface area (Å²) < 4.78 is 10.7. The van der Waals surface area contributed by atoms with Crippen LogP contribution in [-0.2, 0) is 0 Å². The molecular weight excluding hydrogens is 216 g/mol. The first-order valence-corrected chi connectivity index (χ1v) is 6.13. The van der Waals surface area contributed by atoms with Gasteiger partial charge in [0.15, 0.2) is 11.5 Å². The molecule has 1 aromatic carbocycles. The molecule has 0 amide bonds. The molecule has 0 radical (unpaired) electrons. The number of benzene rings is 1. The van der Waals surface area contributed by atoms with Crippen LogP contribution in [0.4, 0.5) is 0 Å². The highest BCUT2D eigenvalue weighted by atomic mass is 16.7. The SMILES string of the molecule is CCN(CC)C(CN)c1ccc2c(c1)OCO2. The number of likely N-dealkylation sites (N-methyl/N-ethyl adjacent to an activating group) is 1. The number of rotatable bonds is 5. The zero-order valence-electron chi connectivity index (χ0n) is 10.5. The van der Waals surface area contributed by atoms with Crippen LogP contribution in [0.3, 0.4) is 0 Å². The van der Waals surface area contributed by atoms with E-state index in [1.807, 2.05) is 12.1 Å². The van der Waals surface area contributed by atoms with E-state index in [2.05, 4.69) is 24.8 Å². The predicted molar refractivity (Wildman–Crippen MR) is 67.3 cm³/mol. The van der Waals surface area contributed by atoms with E-state index >= 15 is 0 Å². The van der Waals surface area contributed by atoms with Crippen molar-refractivity contribution < 1.29 is 9.47 Å². The van der Waals surface area contributed by atoms with E-state index in [0.29, 0.717) is 13.3 Å². The lowest BCUT2D eigenvalue weighted by Gasteiger charge is -2.29. The van der Waals surface area contributed by atoms with Crippen LogP contribution in [0.2, 0.25) is 0 Å². The van der Waals surface area contributed by atoms with Crippen molar-refractivity contribution in [3.05, 3.63) is 23.8 Å². The van der Waals surface area contributed by atoms with Crippen LogP contribution in [-0.4, -0.2) is 31.3 Å². The van der Waals surface area contributed by atoms with E-state index in [-0.39, 0.29) is 6.04 Å². The fraction of sp³-hybridized carbons (Fsp3) is 0.538. The fourth-order valence-corrected chi connectivity index (χ4v) is 2.28. The molecule has 1 aliphatic heterocycles. The van der Waals surface area contributed by atoms with Gasteiger partial charge in [0, 0.05) is 12.6 Å². The van der Waals surface area contributed by atoms with Crippen molar-refractivity contribution in [3.63, 3.8) is 0 Å². The second kappa shape index (κ2) is 5.38. The Balaban J connectivity index is 2.25. The summed E-state index contributed by atoms with van der Waals surface area (Å²) in [5.41, 5.74) is 7.08. The van der Waals surface area contributed by atoms with Gasteiger partial charge in [-0.05, 0) is 30.8 Å². The lowest BCUT2D eigenvalue weighted by Crippen LogP contribution is -2.33. The fourth-order valence-electron chi connectivity index (χ4n) is 2.28. The average molecular weight is 236 g/mol. The second-order valence-corrected chi connectivity index (χ2v) is 4.09. The van der Waals surface area contributed by atoms with Crippen molar-refractivity contribution in [2.75, 3.05) is 26.4 Å². The maximum atomic E-state index is 5.89. The Hall–Kier alpha value is -1.26. The maximum Gasteiger partial charge on any atom is 0.231 e. The summed E-state index contributed by atoms with van der Waals surface area (Å²) in [5, 5.41) is 0. The highest BCUT2D eigenvalue weighted by Crippen LogP contribution is 2.35. The van der Waals surface area contributed by atoms with Gasteiger partial charge in [0.1, 0.15) is 0 Å². The minimum absolute atomic E-state index is 0.250. The molecule has 2 N–H and O–H groups in total. The molecule has 0 bridgehead atoms. The van der Waals surface area contributed by atoms with Gasteiger partial charge in [-0.1, -0.05) is 19.9 Å². The summed E-state index contributed by atoms with van der Waals surface area (Å²) in [4.78, 5) is 2.34. The molecule has 17 heavy (non-hydrogen) atoms. The number of hydrogen-bond acceptors (Lipinski definition) is 4. The van der Waals surface area contributed by atoms with Gasteiger partial charge >= 0.3 is 0 Å². The third-order valence-corrected chi connectivity index (χ3v) is 3.26. The molecule has 0 aromatic heterocycles. The van der Waals surface area contributed by atoms with Gasteiger partial charge in [0.05, 0.1) is 0 Å². The highest BCUT2D eigenvalue weighted by molar-refractivity contribution is 5.45. The summed E-state index contributed by atoms with van der Waals surface area (Å²) in [6, 6.07) is 6.32. The zero-order chi connectivity index (χ0) is 12.3. The monoisotopic (exact) mass is 236 g/mol. The van der Waals surface area contributed by atoms with Crippen LogP contribution in [0.25, 0.3) is 0 Å². The number of nitrogens with zero attached hydrogens (tertiary/aromatic N) is 1. The van der Waals surface area contributed by atoms with Crippen LogP contribution in [0.1, 0.15) is 25.5 Å². The van der Waals surface area contributed by atoms with Gasteiger partial charge in [0.25, 0.3) is 0 Å². The Bertz CT molecular complexity index is 378. The molecule has 4 heteroatoms. The van der Waals surface area contributed by atoms with Gasteiger partial charge in [-0.3, -0.25) is 4.90 Å².